The van der Waals surface area contributed by atoms with Crippen LogP contribution in [-0.4, -0.2) is 16.6 Å². The highest BCUT2D eigenvalue weighted by Crippen LogP contribution is 2.18. The van der Waals surface area contributed by atoms with Crippen LogP contribution in [0.15, 0.2) is 12.3 Å². The predicted octanol–water partition coefficient (Wildman–Crippen LogP) is 2.27. The Morgan fingerprint density at radius 2 is 2.20 bits per heavy atom. The average molecular weight is 204 g/mol. The average Bonchev–Trinajstić information content (AvgIpc) is 2.16. The van der Waals surface area contributed by atoms with E-state index in [1.807, 2.05) is 0 Å². The number of hydrogen-bond acceptors (Lipinski definition) is 3. The van der Waals surface area contributed by atoms with Crippen LogP contribution in [0.2, 0.25) is 0 Å². The molecule has 0 saturated carbocycles. The molecule has 0 amide bonds. The van der Waals surface area contributed by atoms with Crippen molar-refractivity contribution in [3.63, 3.8) is 0 Å². The molecule has 0 spiro atoms. The maximum absolute atomic E-state index is 5.41. The summed E-state index contributed by atoms with van der Waals surface area (Å²) >= 11 is 0. The Kier molecular flexibility index (Phi) is 3.68. The number of nitrogens with zero attached hydrogens (tertiary/aromatic N) is 2. The van der Waals surface area contributed by atoms with Crippen LogP contribution < -0.4 is 4.74 Å². The Labute approximate surface area is 90.9 Å². The van der Waals surface area contributed by atoms with Crippen LogP contribution in [0, 0.1) is 17.8 Å². The number of aromatic nitrogens is 2. The summed E-state index contributed by atoms with van der Waals surface area (Å²) in [5.74, 6) is 2.44. The molecule has 15 heavy (non-hydrogen) atoms. The van der Waals surface area contributed by atoms with Crippen LogP contribution in [-0.2, 0) is 0 Å². The van der Waals surface area contributed by atoms with Crippen molar-refractivity contribution in [2.45, 2.75) is 27.2 Å². The van der Waals surface area contributed by atoms with Gasteiger partial charge in [-0.3, -0.25) is 0 Å². The van der Waals surface area contributed by atoms with Crippen LogP contribution >= 0.6 is 0 Å². The smallest absolute Gasteiger partial charge is 0.317 e. The van der Waals surface area contributed by atoms with Crippen LogP contribution in [0.5, 0.6) is 6.01 Å². The zero-order valence-electron chi connectivity index (χ0n) is 9.45. The zero-order valence-corrected chi connectivity index (χ0v) is 9.45. The molecule has 1 aromatic heterocycles. The lowest BCUT2D eigenvalue weighted by Gasteiger charge is -2.17. The molecule has 0 aromatic carbocycles. The third-order valence-corrected chi connectivity index (χ3v) is 1.86. The molecule has 0 radical (unpaired) electrons. The molecule has 0 aliphatic rings. The highest BCUT2D eigenvalue weighted by atomic mass is 16.5. The molecule has 1 rings (SSSR count). The van der Waals surface area contributed by atoms with Crippen LogP contribution in [0.3, 0.4) is 0 Å². The molecule has 0 bridgehead atoms. The summed E-state index contributed by atoms with van der Waals surface area (Å²) in [5, 5.41) is 0. The lowest BCUT2D eigenvalue weighted by atomic mass is 9.93. The lowest BCUT2D eigenvalue weighted by molar-refractivity contribution is 0.229. The van der Waals surface area contributed by atoms with E-state index in [1.54, 1.807) is 12.3 Å². The molecule has 0 atom stereocenters. The summed E-state index contributed by atoms with van der Waals surface area (Å²) in [6.45, 7) is 7.09. The summed E-state index contributed by atoms with van der Waals surface area (Å²) < 4.78 is 5.41. The van der Waals surface area contributed by atoms with Gasteiger partial charge in [0.25, 0.3) is 0 Å². The molecule has 0 fully saturated rings. The summed E-state index contributed by atoms with van der Waals surface area (Å²) in [4.78, 5) is 8.02. The van der Waals surface area contributed by atoms with Crippen LogP contribution in [0.25, 0.3) is 0 Å². The molecule has 0 unspecified atom stereocenters. The first-order valence-corrected chi connectivity index (χ1v) is 4.94. The molecular formula is C12H16N2O. The Morgan fingerprint density at radius 1 is 1.47 bits per heavy atom. The fraction of sp³-hybridized carbons (Fsp3) is 0.500. The van der Waals surface area contributed by atoms with Gasteiger partial charge in [0.1, 0.15) is 5.69 Å². The van der Waals surface area contributed by atoms with Gasteiger partial charge >= 0.3 is 6.01 Å². The van der Waals surface area contributed by atoms with E-state index in [2.05, 4.69) is 36.7 Å². The minimum atomic E-state index is 0.254. The van der Waals surface area contributed by atoms with Gasteiger partial charge in [-0.25, -0.2) is 4.98 Å². The van der Waals surface area contributed by atoms with E-state index in [0.29, 0.717) is 18.3 Å². The number of rotatable bonds is 3. The van der Waals surface area contributed by atoms with Gasteiger partial charge in [0, 0.05) is 6.20 Å². The highest BCUT2D eigenvalue weighted by Gasteiger charge is 2.10. The molecule has 3 nitrogen and oxygen atoms in total. The van der Waals surface area contributed by atoms with E-state index in [-0.39, 0.29) is 5.41 Å². The Balaban J connectivity index is 2.48. The van der Waals surface area contributed by atoms with Gasteiger partial charge in [-0.1, -0.05) is 20.8 Å². The minimum Gasteiger partial charge on any atom is -0.463 e. The van der Waals surface area contributed by atoms with Gasteiger partial charge in [0.15, 0.2) is 0 Å². The normalized spacial score (nSPS) is 10.8. The van der Waals surface area contributed by atoms with Crippen molar-refractivity contribution in [1.82, 2.24) is 9.97 Å². The Morgan fingerprint density at radius 3 is 2.80 bits per heavy atom. The third-order valence-electron chi connectivity index (χ3n) is 1.86. The van der Waals surface area contributed by atoms with Crippen molar-refractivity contribution in [3.8, 4) is 18.4 Å². The molecule has 0 saturated heterocycles. The summed E-state index contributed by atoms with van der Waals surface area (Å²) in [7, 11) is 0. The Bertz CT molecular complexity index is 361. The first-order valence-electron chi connectivity index (χ1n) is 4.94. The van der Waals surface area contributed by atoms with Crippen molar-refractivity contribution in [2.24, 2.45) is 5.41 Å². The maximum Gasteiger partial charge on any atom is 0.317 e. The minimum absolute atomic E-state index is 0.254. The molecule has 1 aromatic rings. The molecule has 1 heterocycles. The first kappa shape index (κ1) is 11.5. The largest absolute Gasteiger partial charge is 0.463 e. The van der Waals surface area contributed by atoms with Gasteiger partial charge in [-0.2, -0.15) is 4.98 Å². The number of terminal acetylenes is 1. The number of hydrogen-bond donors (Lipinski definition) is 0. The quantitative estimate of drug-likeness (QED) is 0.708. The van der Waals surface area contributed by atoms with Gasteiger partial charge < -0.3 is 4.74 Å². The highest BCUT2D eigenvalue weighted by molar-refractivity contribution is 5.23. The second-order valence-electron chi connectivity index (χ2n) is 4.53. The lowest BCUT2D eigenvalue weighted by Crippen LogP contribution is -2.12. The fourth-order valence-electron chi connectivity index (χ4n) is 0.939. The summed E-state index contributed by atoms with van der Waals surface area (Å²) in [5.41, 5.74) is 0.805. The first-order chi connectivity index (χ1) is 7.01. The van der Waals surface area contributed by atoms with Crippen molar-refractivity contribution < 1.29 is 4.74 Å². The van der Waals surface area contributed by atoms with Crippen molar-refractivity contribution in [3.05, 3.63) is 18.0 Å². The predicted molar refractivity (Wildman–Crippen MR) is 59.5 cm³/mol. The molecule has 0 aliphatic carbocycles. The zero-order chi connectivity index (χ0) is 11.3. The molecular weight excluding hydrogens is 188 g/mol. The van der Waals surface area contributed by atoms with E-state index in [1.165, 1.54) is 0 Å². The van der Waals surface area contributed by atoms with E-state index in [9.17, 15) is 0 Å². The topological polar surface area (TPSA) is 35.0 Å². The van der Waals surface area contributed by atoms with Gasteiger partial charge in [-0.05, 0) is 23.8 Å². The number of ether oxygens (including phenoxy) is 1. The van der Waals surface area contributed by atoms with E-state index in [0.717, 1.165) is 6.42 Å². The SMILES string of the molecule is C#Cc1ccnc(OCCC(C)(C)C)n1. The van der Waals surface area contributed by atoms with E-state index < -0.39 is 0 Å². The standard InChI is InChI=1S/C12H16N2O/c1-5-10-6-8-13-11(14-10)15-9-7-12(2,3)4/h1,6,8H,7,9H2,2-4H3. The summed E-state index contributed by atoms with van der Waals surface area (Å²) in [6.07, 6.45) is 7.78. The van der Waals surface area contributed by atoms with Gasteiger partial charge in [-0.15, -0.1) is 6.42 Å². The molecule has 0 N–H and O–H groups in total. The second kappa shape index (κ2) is 4.79. The maximum atomic E-state index is 5.41. The van der Waals surface area contributed by atoms with Crippen molar-refractivity contribution in [1.29, 1.82) is 0 Å². The van der Waals surface area contributed by atoms with Gasteiger partial charge in [0.05, 0.1) is 6.61 Å². The van der Waals surface area contributed by atoms with Gasteiger partial charge in [0.2, 0.25) is 0 Å². The van der Waals surface area contributed by atoms with Crippen LogP contribution in [0.4, 0.5) is 0 Å². The van der Waals surface area contributed by atoms with E-state index >= 15 is 0 Å². The molecule has 0 aliphatic heterocycles. The van der Waals surface area contributed by atoms with Crippen molar-refractivity contribution in [2.75, 3.05) is 6.61 Å². The van der Waals surface area contributed by atoms with Crippen LogP contribution in [0.1, 0.15) is 32.9 Å². The van der Waals surface area contributed by atoms with E-state index in [4.69, 9.17) is 11.2 Å². The second-order valence-corrected chi connectivity index (χ2v) is 4.53. The molecule has 80 valence electrons. The summed E-state index contributed by atoms with van der Waals surface area (Å²) in [6, 6.07) is 2.03. The Hall–Kier alpha value is -1.56. The third kappa shape index (κ3) is 4.46. The molecule has 3 heteroatoms. The fourth-order valence-corrected chi connectivity index (χ4v) is 0.939. The van der Waals surface area contributed by atoms with Crippen molar-refractivity contribution >= 4 is 0 Å². The monoisotopic (exact) mass is 204 g/mol.